The first-order valence-corrected chi connectivity index (χ1v) is 10.7. The minimum absolute atomic E-state index is 0.263. The highest BCUT2D eigenvalue weighted by Gasteiger charge is 2.51. The standard InChI is InChI=1S/C17H20N2O12S/c1-8(20)28-7-11-13(31-32(3,26)27)14(29-9(2)21)16(30-11)19-6-10(4-5-12(22)23)15(24)18-17(19)25/h4-6,11,13-14,16H,7H2,1-3H3,(H,22,23)(H,18,24,25)/b5-4+/t11-,13+,14-,16-/m1/s1. The van der Waals surface area contributed by atoms with Gasteiger partial charge in [0.1, 0.15) is 18.8 Å². The van der Waals surface area contributed by atoms with E-state index in [1.807, 2.05) is 4.98 Å². The molecule has 1 saturated heterocycles. The van der Waals surface area contributed by atoms with Crippen LogP contribution in [-0.4, -0.2) is 72.2 Å². The summed E-state index contributed by atoms with van der Waals surface area (Å²) >= 11 is 0. The fraction of sp³-hybridized carbons (Fsp3) is 0.471. The molecular weight excluding hydrogens is 456 g/mol. The van der Waals surface area contributed by atoms with Crippen molar-refractivity contribution in [2.45, 2.75) is 38.4 Å². The van der Waals surface area contributed by atoms with Crippen molar-refractivity contribution >= 4 is 34.1 Å². The zero-order valence-electron chi connectivity index (χ0n) is 17.0. The number of aliphatic carboxylic acids is 1. The highest BCUT2D eigenvalue weighted by Crippen LogP contribution is 2.34. The molecule has 0 amide bonds. The van der Waals surface area contributed by atoms with Crippen LogP contribution in [-0.2, 0) is 42.9 Å². The number of aromatic nitrogens is 2. The molecule has 176 valence electrons. The van der Waals surface area contributed by atoms with Gasteiger partial charge in [-0.05, 0) is 6.08 Å². The van der Waals surface area contributed by atoms with E-state index in [0.717, 1.165) is 36.9 Å². The molecule has 4 atom stereocenters. The van der Waals surface area contributed by atoms with Crippen LogP contribution in [0.5, 0.6) is 0 Å². The third kappa shape index (κ3) is 6.60. The van der Waals surface area contributed by atoms with Crippen LogP contribution in [0.2, 0.25) is 0 Å². The fourth-order valence-corrected chi connectivity index (χ4v) is 3.51. The summed E-state index contributed by atoms with van der Waals surface area (Å²) < 4.78 is 44.9. The van der Waals surface area contributed by atoms with Crippen LogP contribution in [0.3, 0.4) is 0 Å². The lowest BCUT2D eigenvalue weighted by atomic mass is 10.1. The van der Waals surface area contributed by atoms with Crippen molar-refractivity contribution < 1.29 is 46.3 Å². The maximum absolute atomic E-state index is 12.4. The number of aromatic amines is 1. The molecule has 0 unspecified atom stereocenters. The zero-order valence-corrected chi connectivity index (χ0v) is 17.9. The predicted octanol–water partition coefficient (Wildman–Crippen LogP) is -1.63. The smallest absolute Gasteiger partial charge is 0.330 e. The Morgan fingerprint density at radius 3 is 2.41 bits per heavy atom. The molecule has 1 aliphatic rings. The van der Waals surface area contributed by atoms with E-state index in [2.05, 4.69) is 0 Å². The summed E-state index contributed by atoms with van der Waals surface area (Å²) in [5.41, 5.74) is -2.21. The molecule has 0 radical (unpaired) electrons. The SMILES string of the molecule is CC(=O)OC[C@H]1O[C@@H](n2cc(/C=C/C(=O)O)c(=O)[nH]c2=O)[C@H](OC(C)=O)[C@H]1OS(C)(=O)=O. The van der Waals surface area contributed by atoms with Crippen LogP contribution in [0.1, 0.15) is 25.6 Å². The molecule has 1 aromatic rings. The van der Waals surface area contributed by atoms with E-state index < -0.39 is 70.4 Å². The van der Waals surface area contributed by atoms with Gasteiger partial charge in [-0.15, -0.1) is 0 Å². The largest absolute Gasteiger partial charge is 0.478 e. The van der Waals surface area contributed by atoms with Crippen molar-refractivity contribution in [3.63, 3.8) is 0 Å². The van der Waals surface area contributed by atoms with E-state index in [0.29, 0.717) is 6.08 Å². The van der Waals surface area contributed by atoms with Crippen molar-refractivity contribution in [3.05, 3.63) is 38.7 Å². The Labute approximate surface area is 180 Å². The second-order valence-corrected chi connectivity index (χ2v) is 8.23. The van der Waals surface area contributed by atoms with Crippen molar-refractivity contribution in [1.29, 1.82) is 0 Å². The summed E-state index contributed by atoms with van der Waals surface area (Å²) in [7, 11) is -4.13. The zero-order chi connectivity index (χ0) is 24.2. The molecule has 14 nitrogen and oxygen atoms in total. The molecule has 1 fully saturated rings. The first kappa shape index (κ1) is 25.0. The number of carbonyl (C=O) groups is 3. The van der Waals surface area contributed by atoms with Crippen molar-refractivity contribution in [3.8, 4) is 0 Å². The highest BCUT2D eigenvalue weighted by atomic mass is 32.2. The highest BCUT2D eigenvalue weighted by molar-refractivity contribution is 7.86. The van der Waals surface area contributed by atoms with E-state index in [1.165, 1.54) is 0 Å². The number of rotatable bonds is 8. The number of ether oxygens (including phenoxy) is 3. The van der Waals surface area contributed by atoms with Gasteiger partial charge in [-0.25, -0.2) is 9.59 Å². The Hall–Kier alpha value is -3.30. The van der Waals surface area contributed by atoms with Gasteiger partial charge in [-0.1, -0.05) is 0 Å². The van der Waals surface area contributed by atoms with Gasteiger partial charge in [0.25, 0.3) is 15.7 Å². The molecule has 1 aliphatic heterocycles. The summed E-state index contributed by atoms with van der Waals surface area (Å²) in [6.45, 7) is 1.61. The molecule has 0 spiro atoms. The van der Waals surface area contributed by atoms with Gasteiger partial charge >= 0.3 is 23.6 Å². The van der Waals surface area contributed by atoms with Crippen molar-refractivity contribution in [1.82, 2.24) is 9.55 Å². The average Bonchev–Trinajstić information content (AvgIpc) is 2.94. The molecule has 15 heteroatoms. The maximum Gasteiger partial charge on any atom is 0.330 e. The van der Waals surface area contributed by atoms with Crippen molar-refractivity contribution in [2.24, 2.45) is 0 Å². The van der Waals surface area contributed by atoms with E-state index in [4.69, 9.17) is 23.5 Å². The molecule has 0 aliphatic carbocycles. The lowest BCUT2D eigenvalue weighted by Gasteiger charge is -2.23. The van der Waals surface area contributed by atoms with Gasteiger partial charge < -0.3 is 19.3 Å². The second kappa shape index (κ2) is 9.88. The topological polar surface area (TPSA) is 197 Å². The van der Waals surface area contributed by atoms with Crippen LogP contribution in [0, 0.1) is 0 Å². The van der Waals surface area contributed by atoms with E-state index >= 15 is 0 Å². The Bertz CT molecular complexity index is 1150. The minimum atomic E-state index is -4.13. The second-order valence-electron chi connectivity index (χ2n) is 6.63. The van der Waals surface area contributed by atoms with Crippen LogP contribution < -0.4 is 11.2 Å². The molecule has 2 N–H and O–H groups in total. The summed E-state index contributed by atoms with van der Waals surface area (Å²) in [5.74, 6) is -2.95. The number of hydrogen-bond acceptors (Lipinski definition) is 11. The number of carboxylic acid groups (broad SMARTS) is 1. The third-order valence-electron chi connectivity index (χ3n) is 4.00. The van der Waals surface area contributed by atoms with E-state index in [-0.39, 0.29) is 5.56 Å². The number of carbonyl (C=O) groups excluding carboxylic acids is 2. The normalized spacial score (nSPS) is 23.2. The summed E-state index contributed by atoms with van der Waals surface area (Å²) in [4.78, 5) is 59.9. The van der Waals surface area contributed by atoms with Gasteiger partial charge in [-0.2, -0.15) is 8.42 Å². The number of hydrogen-bond donors (Lipinski definition) is 2. The van der Waals surface area contributed by atoms with E-state index in [1.54, 1.807) is 0 Å². The van der Waals surface area contributed by atoms with Gasteiger partial charge in [0, 0.05) is 26.1 Å². The predicted molar refractivity (Wildman–Crippen MR) is 104 cm³/mol. The molecule has 2 heterocycles. The van der Waals surface area contributed by atoms with Gasteiger partial charge in [0.15, 0.2) is 12.3 Å². The van der Waals surface area contributed by atoms with Gasteiger partial charge in [-0.3, -0.25) is 28.1 Å². The van der Waals surface area contributed by atoms with Crippen LogP contribution in [0.15, 0.2) is 21.9 Å². The Kier molecular flexibility index (Phi) is 7.71. The van der Waals surface area contributed by atoms with Gasteiger partial charge in [0.2, 0.25) is 0 Å². The molecule has 0 aromatic carbocycles. The number of H-pyrrole nitrogens is 1. The Balaban J connectivity index is 2.58. The van der Waals surface area contributed by atoms with E-state index in [9.17, 15) is 32.4 Å². The summed E-state index contributed by atoms with van der Waals surface area (Å²) in [5, 5.41) is 8.76. The molecule has 0 saturated carbocycles. The monoisotopic (exact) mass is 476 g/mol. The lowest BCUT2D eigenvalue weighted by molar-refractivity contribution is -0.155. The molecule has 32 heavy (non-hydrogen) atoms. The fourth-order valence-electron chi connectivity index (χ4n) is 2.87. The van der Waals surface area contributed by atoms with Crippen LogP contribution in [0.4, 0.5) is 0 Å². The van der Waals surface area contributed by atoms with Crippen LogP contribution in [0.25, 0.3) is 6.08 Å². The minimum Gasteiger partial charge on any atom is -0.478 e. The Morgan fingerprint density at radius 2 is 1.88 bits per heavy atom. The number of nitrogens with zero attached hydrogens (tertiary/aromatic N) is 1. The summed E-state index contributed by atoms with van der Waals surface area (Å²) in [6, 6.07) is 0. The first-order chi connectivity index (χ1) is 14.8. The van der Waals surface area contributed by atoms with Crippen LogP contribution >= 0.6 is 0 Å². The molecule has 2 rings (SSSR count). The Morgan fingerprint density at radius 1 is 1.22 bits per heavy atom. The van der Waals surface area contributed by atoms with Gasteiger partial charge in [0.05, 0.1) is 11.8 Å². The lowest BCUT2D eigenvalue weighted by Crippen LogP contribution is -2.42. The molecule has 0 bridgehead atoms. The quantitative estimate of drug-likeness (QED) is 0.247. The summed E-state index contributed by atoms with van der Waals surface area (Å²) in [6.07, 6.45) is -2.63. The molecular formula is C17H20N2O12S. The first-order valence-electron chi connectivity index (χ1n) is 8.89. The average molecular weight is 476 g/mol. The number of carboxylic acids is 1. The van der Waals surface area contributed by atoms with Crippen molar-refractivity contribution in [2.75, 3.05) is 12.9 Å². The maximum atomic E-state index is 12.4. The molecule has 1 aromatic heterocycles. The number of nitrogens with one attached hydrogen (secondary N) is 1. The third-order valence-corrected chi connectivity index (χ3v) is 4.57. The number of esters is 2.